The molecule has 5 rings (SSSR count). The van der Waals surface area contributed by atoms with Crippen LogP contribution in [0.4, 0.5) is 0 Å². The van der Waals surface area contributed by atoms with Crippen molar-refractivity contribution >= 4 is 5.57 Å². The molecule has 2 nitrogen and oxygen atoms in total. The van der Waals surface area contributed by atoms with Gasteiger partial charge >= 0.3 is 0 Å². The fourth-order valence-electron chi connectivity index (χ4n) is 7.77. The van der Waals surface area contributed by atoms with Crippen molar-refractivity contribution in [2.75, 3.05) is 0 Å². The van der Waals surface area contributed by atoms with Gasteiger partial charge in [0.2, 0.25) is 0 Å². The Morgan fingerprint density at radius 3 is 2.77 bits per heavy atom. The highest BCUT2D eigenvalue weighted by Crippen LogP contribution is 2.67. The zero-order chi connectivity index (χ0) is 17.9. The van der Waals surface area contributed by atoms with E-state index >= 15 is 0 Å². The molecule has 0 aliphatic heterocycles. The first-order valence-electron chi connectivity index (χ1n) is 10.8. The summed E-state index contributed by atoms with van der Waals surface area (Å²) < 4.78 is 0. The van der Waals surface area contributed by atoms with Crippen LogP contribution in [0, 0.1) is 34.5 Å². The number of hydrogen-bond acceptors (Lipinski definition) is 2. The highest BCUT2D eigenvalue weighted by atomic mass is 16.3. The molecule has 3 saturated carbocycles. The van der Waals surface area contributed by atoms with Crippen molar-refractivity contribution in [1.82, 2.24) is 4.98 Å². The molecule has 3 fully saturated rings. The van der Waals surface area contributed by atoms with E-state index in [-0.39, 0.29) is 6.10 Å². The van der Waals surface area contributed by atoms with Crippen molar-refractivity contribution in [3.8, 4) is 0 Å². The van der Waals surface area contributed by atoms with Gasteiger partial charge in [-0.05, 0) is 103 Å². The van der Waals surface area contributed by atoms with Crippen molar-refractivity contribution in [1.29, 1.82) is 0 Å². The molecular weight excluding hydrogens is 318 g/mol. The van der Waals surface area contributed by atoms with E-state index in [9.17, 15) is 5.11 Å². The van der Waals surface area contributed by atoms with Crippen LogP contribution in [0.15, 0.2) is 30.6 Å². The third-order valence-electron chi connectivity index (χ3n) is 9.19. The molecule has 0 aromatic carbocycles. The lowest BCUT2D eigenvalue weighted by Gasteiger charge is -2.60. The summed E-state index contributed by atoms with van der Waals surface area (Å²) in [5, 5.41) is 10.2. The molecule has 0 radical (unpaired) electrons. The van der Waals surface area contributed by atoms with Crippen molar-refractivity contribution in [2.24, 2.45) is 34.5 Å². The third kappa shape index (κ3) is 2.30. The molecular formula is C24H33NO. The summed E-state index contributed by atoms with van der Waals surface area (Å²) in [6.07, 6.45) is 16.4. The second-order valence-electron chi connectivity index (χ2n) is 10.1. The second kappa shape index (κ2) is 5.92. The maximum absolute atomic E-state index is 10.2. The largest absolute Gasteiger partial charge is 0.393 e. The van der Waals surface area contributed by atoms with Crippen LogP contribution in [0.25, 0.3) is 5.57 Å². The van der Waals surface area contributed by atoms with Gasteiger partial charge in [0.05, 0.1) is 6.10 Å². The number of hydrogen-bond donors (Lipinski definition) is 1. The smallest absolute Gasteiger partial charge is 0.0543 e. The third-order valence-corrected chi connectivity index (χ3v) is 9.19. The SMILES string of the molecule is C[C@]12CC[C@H](O)CC1CC[C@H]1C3CC=C(c4cccnc4)[C@@]3(C)CC[C@@H]12. The van der Waals surface area contributed by atoms with Gasteiger partial charge in [0.1, 0.15) is 0 Å². The van der Waals surface area contributed by atoms with Gasteiger partial charge in [-0.25, -0.2) is 0 Å². The molecule has 0 spiro atoms. The van der Waals surface area contributed by atoms with E-state index in [1.165, 1.54) is 44.1 Å². The highest BCUT2D eigenvalue weighted by molar-refractivity contribution is 5.72. The van der Waals surface area contributed by atoms with Crippen LogP contribution in [0.3, 0.4) is 0 Å². The van der Waals surface area contributed by atoms with Crippen molar-refractivity contribution < 1.29 is 5.11 Å². The molecule has 0 bridgehead atoms. The Kier molecular flexibility index (Phi) is 3.87. The van der Waals surface area contributed by atoms with E-state index < -0.39 is 0 Å². The summed E-state index contributed by atoms with van der Waals surface area (Å²) >= 11 is 0. The van der Waals surface area contributed by atoms with Crippen molar-refractivity contribution in [3.63, 3.8) is 0 Å². The van der Waals surface area contributed by atoms with Crippen LogP contribution < -0.4 is 0 Å². The van der Waals surface area contributed by atoms with E-state index in [2.05, 4.69) is 43.2 Å². The molecule has 4 aliphatic rings. The maximum atomic E-state index is 10.2. The molecule has 26 heavy (non-hydrogen) atoms. The summed E-state index contributed by atoms with van der Waals surface area (Å²) in [6.45, 7) is 5.12. The molecule has 0 amide bonds. The lowest BCUT2D eigenvalue weighted by molar-refractivity contribution is -0.115. The zero-order valence-corrected chi connectivity index (χ0v) is 16.3. The summed E-state index contributed by atoms with van der Waals surface area (Å²) in [5.74, 6) is 3.30. The monoisotopic (exact) mass is 351 g/mol. The minimum atomic E-state index is -0.0381. The maximum Gasteiger partial charge on any atom is 0.0543 e. The number of fused-ring (bicyclic) bond motifs is 5. The van der Waals surface area contributed by atoms with Gasteiger partial charge in [-0.3, -0.25) is 4.98 Å². The molecule has 2 heteroatoms. The number of aliphatic hydroxyl groups excluding tert-OH is 1. The van der Waals surface area contributed by atoms with E-state index in [1.54, 1.807) is 5.57 Å². The summed E-state index contributed by atoms with van der Waals surface area (Å²) in [4.78, 5) is 4.39. The normalized spacial score (nSPS) is 47.5. The predicted octanol–water partition coefficient (Wildman–Crippen LogP) is 5.48. The summed E-state index contributed by atoms with van der Waals surface area (Å²) in [7, 11) is 0. The Morgan fingerprint density at radius 1 is 1.08 bits per heavy atom. The molecule has 1 heterocycles. The number of pyridine rings is 1. The van der Waals surface area contributed by atoms with Crippen LogP contribution in [0.2, 0.25) is 0 Å². The fraction of sp³-hybridized carbons (Fsp3) is 0.708. The first kappa shape index (κ1) is 17.0. The quantitative estimate of drug-likeness (QED) is 0.727. The summed E-state index contributed by atoms with van der Waals surface area (Å²) in [5.41, 5.74) is 3.72. The number of aromatic nitrogens is 1. The average Bonchev–Trinajstić information content (AvgIpc) is 3.00. The Hall–Kier alpha value is -1.15. The van der Waals surface area contributed by atoms with Gasteiger partial charge in [-0.2, -0.15) is 0 Å². The summed E-state index contributed by atoms with van der Waals surface area (Å²) in [6, 6.07) is 4.33. The topological polar surface area (TPSA) is 33.1 Å². The standard InChI is InChI=1S/C24H33NO/c1-23-11-9-18(26)14-17(23)5-6-19-21-8-7-20(16-4-3-13-25-15-16)24(21,2)12-10-22(19)23/h3-4,7,13,15,17-19,21-22,26H,5-6,8-12,14H2,1-2H3/t17?,18-,19-,21?,22-,23-,24+/m0/s1. The molecule has 2 unspecified atom stereocenters. The number of allylic oxidation sites excluding steroid dienone is 2. The van der Waals surface area contributed by atoms with Crippen molar-refractivity contribution in [2.45, 2.75) is 71.3 Å². The van der Waals surface area contributed by atoms with Crippen LogP contribution in [0.5, 0.6) is 0 Å². The van der Waals surface area contributed by atoms with E-state index in [1.807, 2.05) is 6.20 Å². The molecule has 1 N–H and O–H groups in total. The number of nitrogens with zero attached hydrogens (tertiary/aromatic N) is 1. The minimum Gasteiger partial charge on any atom is -0.393 e. The second-order valence-corrected chi connectivity index (χ2v) is 10.1. The van der Waals surface area contributed by atoms with Crippen LogP contribution in [0.1, 0.15) is 70.8 Å². The fourth-order valence-corrected chi connectivity index (χ4v) is 7.77. The average molecular weight is 352 g/mol. The molecule has 140 valence electrons. The van der Waals surface area contributed by atoms with Gasteiger partial charge < -0.3 is 5.11 Å². The van der Waals surface area contributed by atoms with Crippen LogP contribution in [-0.2, 0) is 0 Å². The van der Waals surface area contributed by atoms with E-state index in [0.717, 1.165) is 36.5 Å². The number of aliphatic hydroxyl groups is 1. The van der Waals surface area contributed by atoms with Crippen LogP contribution in [-0.4, -0.2) is 16.2 Å². The molecule has 0 saturated heterocycles. The number of rotatable bonds is 1. The van der Waals surface area contributed by atoms with E-state index in [4.69, 9.17) is 0 Å². The van der Waals surface area contributed by atoms with Crippen molar-refractivity contribution in [3.05, 3.63) is 36.2 Å². The first-order valence-corrected chi connectivity index (χ1v) is 10.8. The van der Waals surface area contributed by atoms with Gasteiger partial charge in [0.25, 0.3) is 0 Å². The van der Waals surface area contributed by atoms with Gasteiger partial charge in [0, 0.05) is 12.4 Å². The Morgan fingerprint density at radius 2 is 1.96 bits per heavy atom. The van der Waals surface area contributed by atoms with Crippen LogP contribution >= 0.6 is 0 Å². The predicted molar refractivity (Wildman–Crippen MR) is 105 cm³/mol. The lowest BCUT2D eigenvalue weighted by atomic mass is 9.44. The molecule has 1 aromatic heterocycles. The molecule has 4 aliphatic carbocycles. The van der Waals surface area contributed by atoms with Gasteiger partial charge in [-0.1, -0.05) is 26.0 Å². The first-order chi connectivity index (χ1) is 12.5. The Bertz CT molecular complexity index is 712. The van der Waals surface area contributed by atoms with E-state index in [0.29, 0.717) is 10.8 Å². The highest BCUT2D eigenvalue weighted by Gasteiger charge is 2.58. The Labute approximate surface area is 158 Å². The van der Waals surface area contributed by atoms with Gasteiger partial charge in [-0.15, -0.1) is 0 Å². The Balaban J connectivity index is 1.44. The minimum absolute atomic E-state index is 0.0381. The zero-order valence-electron chi connectivity index (χ0n) is 16.3. The van der Waals surface area contributed by atoms with Gasteiger partial charge in [0.15, 0.2) is 0 Å². The molecule has 1 aromatic rings. The lowest BCUT2D eigenvalue weighted by Crippen LogP contribution is -2.53. The molecule has 7 atom stereocenters.